The summed E-state index contributed by atoms with van der Waals surface area (Å²) in [5, 5.41) is 3.46. The van der Waals surface area contributed by atoms with Crippen LogP contribution in [0.15, 0.2) is 48.5 Å². The summed E-state index contributed by atoms with van der Waals surface area (Å²) in [7, 11) is -2.57. The minimum atomic E-state index is -0.915. The number of nitrogens with one attached hydrogen (secondary N) is 1. The maximum atomic E-state index is 6.78. The Kier molecular flexibility index (Phi) is 48.4. The van der Waals surface area contributed by atoms with E-state index in [2.05, 4.69) is 198 Å². The second kappa shape index (κ2) is 42.4. The van der Waals surface area contributed by atoms with Gasteiger partial charge in [-0.3, -0.25) is 4.67 Å². The zero-order chi connectivity index (χ0) is 44.6. The van der Waals surface area contributed by atoms with Gasteiger partial charge in [0.1, 0.15) is 0 Å². The zero-order valence-corrected chi connectivity index (χ0v) is 47.8. The molecule has 2 aromatic carbocycles. The fourth-order valence-corrected chi connectivity index (χ4v) is 13.1. The summed E-state index contributed by atoms with van der Waals surface area (Å²) < 4.78 is 2.36. The first kappa shape index (κ1) is 69.7. The Bertz CT molecular complexity index is 1790. The largest absolute Gasteiger partial charge is 0.308 e. The van der Waals surface area contributed by atoms with E-state index in [0.29, 0.717) is 6.16 Å². The number of rotatable bonds is 14. The van der Waals surface area contributed by atoms with Crippen molar-refractivity contribution in [1.29, 1.82) is 0 Å². The van der Waals surface area contributed by atoms with Crippen LogP contribution < -0.4 is 5.32 Å². The molecule has 61 heavy (non-hydrogen) atoms. The van der Waals surface area contributed by atoms with E-state index in [1.54, 1.807) is 0 Å². The normalized spacial score (nSPS) is 11.2. The van der Waals surface area contributed by atoms with Gasteiger partial charge in [-0.05, 0) is 157 Å². The first-order valence-electron chi connectivity index (χ1n) is 18.9. The quantitative estimate of drug-likeness (QED) is 0.150. The van der Waals surface area contributed by atoms with Crippen molar-refractivity contribution >= 4 is 105 Å². The summed E-state index contributed by atoms with van der Waals surface area (Å²) in [6.45, 7) is 28.3. The van der Waals surface area contributed by atoms with Gasteiger partial charge in [0.05, 0.1) is 28.6 Å². The molecule has 0 aliphatic rings. The van der Waals surface area contributed by atoms with Crippen LogP contribution in [0.2, 0.25) is 0 Å². The van der Waals surface area contributed by atoms with Crippen LogP contribution >= 0.6 is 105 Å². The fourth-order valence-electron chi connectivity index (χ4n) is 4.13. The average molecular weight is 1060 g/mol. The van der Waals surface area contributed by atoms with E-state index in [9.17, 15) is 0 Å². The van der Waals surface area contributed by atoms with Gasteiger partial charge in [0.15, 0.2) is 0 Å². The molecule has 5 unspecified atom stereocenters. The van der Waals surface area contributed by atoms with Gasteiger partial charge in [-0.1, -0.05) is 144 Å². The number of halogens is 5. The first-order valence-corrected chi connectivity index (χ1v) is 29.5. The number of terminal acetylenes is 2. The Hall–Kier alpha value is -0.290. The van der Waals surface area contributed by atoms with Gasteiger partial charge in [0.25, 0.3) is 0 Å². The molecule has 14 heteroatoms. The zero-order valence-electron chi connectivity index (χ0n) is 37.6. The Morgan fingerprint density at radius 3 is 1.33 bits per heavy atom. The van der Waals surface area contributed by atoms with E-state index < -0.39 is 28.6 Å². The number of nitrogens with zero attached hydrogens (tertiary/aromatic N) is 2. The highest BCUT2D eigenvalue weighted by Crippen LogP contribution is 2.54. The van der Waals surface area contributed by atoms with Crippen LogP contribution in [0.3, 0.4) is 0 Å². The van der Waals surface area contributed by atoms with Crippen molar-refractivity contribution in [3.8, 4) is 71.5 Å². The Morgan fingerprint density at radius 2 is 1.00 bits per heavy atom. The summed E-state index contributed by atoms with van der Waals surface area (Å²) in [6.07, 6.45) is 13.0. The Labute approximate surface area is 425 Å². The lowest BCUT2D eigenvalue weighted by molar-refractivity contribution is 0.259. The van der Waals surface area contributed by atoms with Gasteiger partial charge in [-0.15, -0.1) is 12.8 Å². The number of hydrogen-bond acceptors (Lipinski definition) is 3. The van der Waals surface area contributed by atoms with Crippen molar-refractivity contribution in [3.63, 3.8) is 0 Å². The topological polar surface area (TPSA) is 18.5 Å². The highest BCUT2D eigenvalue weighted by Gasteiger charge is 2.28. The second-order valence-electron chi connectivity index (χ2n) is 14.4. The van der Waals surface area contributed by atoms with Crippen molar-refractivity contribution in [2.45, 2.75) is 108 Å². The van der Waals surface area contributed by atoms with E-state index in [1.807, 2.05) is 0 Å². The third kappa shape index (κ3) is 43.4. The molecule has 0 bridgehead atoms. The molecular weight excluding hydrogens is 970 g/mol. The van der Waals surface area contributed by atoms with Crippen LogP contribution in [0.5, 0.6) is 0 Å². The molecule has 2 aromatic rings. The van der Waals surface area contributed by atoms with Crippen LogP contribution in [-0.4, -0.2) is 64.9 Å². The first-order chi connectivity index (χ1) is 27.2. The molecular formula is C47H92Cl5N3P6. The van der Waals surface area contributed by atoms with Crippen molar-refractivity contribution in [3.05, 3.63) is 70.8 Å². The Morgan fingerprint density at radius 1 is 0.607 bits per heavy atom. The van der Waals surface area contributed by atoms with Crippen LogP contribution in [-0.2, 0) is 13.1 Å². The smallest absolute Gasteiger partial charge is 0.0858 e. The number of aryl methyl sites for hydroxylation is 2. The minimum Gasteiger partial charge on any atom is -0.308 e. The highest BCUT2D eigenvalue weighted by molar-refractivity contribution is 8.04. The second-order valence-corrected chi connectivity index (χ2v) is 26.5. The van der Waals surface area contributed by atoms with E-state index in [0.717, 1.165) is 31.6 Å². The predicted octanol–water partition coefficient (Wildman–Crippen LogP) is 17.8. The van der Waals surface area contributed by atoms with Crippen molar-refractivity contribution in [2.75, 3.05) is 44.3 Å². The molecule has 3 nitrogen and oxygen atoms in total. The molecule has 0 aliphatic carbocycles. The molecule has 360 valence electrons. The van der Waals surface area contributed by atoms with Gasteiger partial charge in [0.2, 0.25) is 0 Å². The molecule has 0 saturated carbocycles. The maximum absolute atomic E-state index is 6.78. The van der Waals surface area contributed by atoms with Gasteiger partial charge < -0.3 is 10.2 Å². The lowest BCUT2D eigenvalue weighted by atomic mass is 10.1. The van der Waals surface area contributed by atoms with Gasteiger partial charge >= 0.3 is 0 Å². The molecule has 1 N–H and O–H groups in total. The highest BCUT2D eigenvalue weighted by atomic mass is 35.9. The van der Waals surface area contributed by atoms with Crippen molar-refractivity contribution < 1.29 is 14.3 Å². The number of hydrogen-bond donors (Lipinski definition) is 1. The molecule has 0 spiro atoms. The third-order valence-electron chi connectivity index (χ3n) is 7.47. The van der Waals surface area contributed by atoms with Crippen molar-refractivity contribution in [1.82, 2.24) is 14.9 Å². The summed E-state index contributed by atoms with van der Waals surface area (Å²) >= 11 is 30.1. The molecule has 0 fully saturated rings. The monoisotopic (exact) mass is 1060 g/mol. The summed E-state index contributed by atoms with van der Waals surface area (Å²) in [6, 6.07) is 17.3. The molecule has 0 saturated heterocycles. The van der Waals surface area contributed by atoms with Gasteiger partial charge in [-0.2, -0.15) is 19.8 Å². The van der Waals surface area contributed by atoms with E-state index in [1.165, 1.54) is 41.9 Å². The predicted molar refractivity (Wildman–Crippen MR) is 323 cm³/mol. The van der Waals surface area contributed by atoms with Crippen LogP contribution in [0.4, 0.5) is 0 Å². The lowest BCUT2D eigenvalue weighted by Crippen LogP contribution is -2.36. The third-order valence-corrected chi connectivity index (χ3v) is 16.1. The maximum Gasteiger partial charge on any atom is 0.0858 e. The van der Waals surface area contributed by atoms with Crippen LogP contribution in [0.25, 0.3) is 0 Å². The van der Waals surface area contributed by atoms with Crippen LogP contribution in [0.1, 0.15) is 106 Å². The fraction of sp³-hybridized carbons (Fsp3) is 0.489. The molecule has 2 rings (SSSR count). The lowest BCUT2D eigenvalue weighted by Gasteiger charge is -2.38. The molecule has 0 heterocycles. The summed E-state index contributed by atoms with van der Waals surface area (Å²) in [4.78, 5) is 2.38. The van der Waals surface area contributed by atoms with Gasteiger partial charge in [0, 0.05) is 50.8 Å². The molecule has 5 atom stereocenters. The van der Waals surface area contributed by atoms with E-state index in [-0.39, 0.29) is 52.6 Å². The van der Waals surface area contributed by atoms with Gasteiger partial charge in [-0.25, -0.2) is 0 Å². The molecule has 0 aliphatic heterocycles. The molecule has 0 aromatic heterocycles. The molecule has 0 amide bonds. The van der Waals surface area contributed by atoms with Crippen molar-refractivity contribution in [2.24, 2.45) is 0 Å². The minimum absolute atomic E-state index is 0. The number of benzene rings is 2. The van der Waals surface area contributed by atoms with E-state index in [4.69, 9.17) is 69.1 Å². The standard InChI is InChI=1S/C20H23Cl2NP2.C12H19N.C8H5Cl3P2.C6H15N.CH4.2H3P.10H2/c1-6-7-8-9-14-24(21)15-16-25(22)23(20(3,4)5)17-19-12-10-18(2)11-13-19;1-10-5-7-11(8-6-10)9-13-12(2,3)4;1-2-3-4-5-6-12(9)7-8-13(10)11;1-4-7(5-2)6-3;;;;;;;;;;;;;/h1,10-13H,15-17H2,2-5H3;5-8,13H,9H2,1-4H3;1H,7-8H2;4-6H2,1-3H3;1H4;2*1H3;10*1H. The van der Waals surface area contributed by atoms with Crippen LogP contribution in [0, 0.1) is 85.4 Å². The van der Waals surface area contributed by atoms with E-state index >= 15 is 0 Å². The molecule has 0 radical (unpaired) electrons. The average Bonchev–Trinajstić information content (AvgIpc) is 3.16. The SMILES string of the molecule is C.C#CC#CC#CP(Cl)CCP(Cl)Cl.C#CC#CC#CP(Cl)CCP(Cl)N(Cc1ccc(C)cc1)C(C)(C)C.CCN(CC)CC.Cc1ccc(CNC(C)(C)C)cc1.P.P.[HH].[HH].[HH].[HH].[HH].[HH].[HH].[HH].[HH].[HH]. The summed E-state index contributed by atoms with van der Waals surface area (Å²) in [5.41, 5.74) is 11.1. The summed E-state index contributed by atoms with van der Waals surface area (Å²) in [5.74, 6) is 19.6. The Balaban J connectivity index is -0.0000000460.